The predicted octanol–water partition coefficient (Wildman–Crippen LogP) is 4.75. The number of rotatable bonds is 12. The van der Waals surface area contributed by atoms with Crippen LogP contribution in [0.2, 0.25) is 0 Å². The van der Waals surface area contributed by atoms with Gasteiger partial charge in [0.15, 0.2) is 5.78 Å². The third-order valence-corrected chi connectivity index (χ3v) is 3.76. The summed E-state index contributed by atoms with van der Waals surface area (Å²) in [6, 6.07) is 3.38. The lowest BCUT2D eigenvalue weighted by atomic mass is 10.0. The lowest BCUT2D eigenvalue weighted by molar-refractivity contribution is 0.0979. The molecule has 25 heavy (non-hydrogen) atoms. The van der Waals surface area contributed by atoms with Gasteiger partial charge in [-0.2, -0.15) is 0 Å². The number of nitrogens with zero attached hydrogens (tertiary/aromatic N) is 1. The second kappa shape index (κ2) is 13.5. The largest absolute Gasteiger partial charge is 0.496 e. The molecule has 0 aliphatic carbocycles. The number of hydrogen-bond donors (Lipinski definition) is 0. The van der Waals surface area contributed by atoms with E-state index in [2.05, 4.69) is 11.9 Å². The van der Waals surface area contributed by atoms with E-state index in [9.17, 15) is 4.79 Å². The number of ether oxygens (including phenoxy) is 3. The molecule has 0 spiro atoms. The molecular weight excluding hydrogens is 342 g/mol. The molecule has 6 heteroatoms. The maximum atomic E-state index is 12.5. The average Bonchev–Trinajstić information content (AvgIpc) is 2.62. The summed E-state index contributed by atoms with van der Waals surface area (Å²) in [6.07, 6.45) is 7.63. The van der Waals surface area contributed by atoms with Crippen molar-refractivity contribution in [2.75, 3.05) is 27.9 Å². The molecule has 1 aromatic rings. The van der Waals surface area contributed by atoms with Gasteiger partial charge in [0.2, 0.25) is 0 Å². The normalized spacial score (nSPS) is 10.4. The topological polar surface area (TPSA) is 57.1 Å². The fourth-order valence-electron chi connectivity index (χ4n) is 2.41. The van der Waals surface area contributed by atoms with Crippen LogP contribution in [0.4, 0.5) is 0 Å². The number of aliphatic imine (C=N–C) groups is 1. The SMILES string of the molecule is CCCCCCN=CCCC(=O)c1c(OC)cc(OC)cc1OC.Cl. The summed E-state index contributed by atoms with van der Waals surface area (Å²) in [4.78, 5) is 16.9. The molecule has 0 amide bonds. The number of halogens is 1. The van der Waals surface area contributed by atoms with Crippen LogP contribution in [0.5, 0.6) is 17.2 Å². The Bertz CT molecular complexity index is 521. The van der Waals surface area contributed by atoms with Gasteiger partial charge in [0.1, 0.15) is 22.8 Å². The first kappa shape index (κ1) is 23.2. The number of methoxy groups -OCH3 is 3. The van der Waals surface area contributed by atoms with Crippen molar-refractivity contribution in [3.63, 3.8) is 0 Å². The Morgan fingerprint density at radius 3 is 2.20 bits per heavy atom. The molecule has 5 nitrogen and oxygen atoms in total. The minimum Gasteiger partial charge on any atom is -0.496 e. The van der Waals surface area contributed by atoms with Gasteiger partial charge in [0.05, 0.1) is 21.3 Å². The molecule has 0 radical (unpaired) electrons. The van der Waals surface area contributed by atoms with E-state index in [-0.39, 0.29) is 18.2 Å². The molecule has 0 heterocycles. The molecule has 0 saturated heterocycles. The van der Waals surface area contributed by atoms with E-state index < -0.39 is 0 Å². The fraction of sp³-hybridized carbons (Fsp3) is 0.579. The standard InChI is InChI=1S/C19H29NO4.ClH/c1-5-6-7-8-11-20-12-9-10-16(21)19-17(23-3)13-15(22-2)14-18(19)24-4;/h12-14H,5-11H2,1-4H3;1H. The number of hydrogen-bond acceptors (Lipinski definition) is 5. The summed E-state index contributed by atoms with van der Waals surface area (Å²) in [5, 5.41) is 0. The Morgan fingerprint density at radius 1 is 1.04 bits per heavy atom. The summed E-state index contributed by atoms with van der Waals surface area (Å²) in [7, 11) is 4.62. The smallest absolute Gasteiger partial charge is 0.170 e. The highest BCUT2D eigenvalue weighted by atomic mass is 35.5. The molecule has 0 aliphatic rings. The van der Waals surface area contributed by atoms with Crippen molar-refractivity contribution in [1.29, 1.82) is 0 Å². The van der Waals surface area contributed by atoms with E-state index in [1.165, 1.54) is 33.5 Å². The van der Waals surface area contributed by atoms with Crippen LogP contribution in [0.15, 0.2) is 17.1 Å². The average molecular weight is 372 g/mol. The van der Waals surface area contributed by atoms with Crippen LogP contribution >= 0.6 is 12.4 Å². The zero-order chi connectivity index (χ0) is 17.8. The number of ketones is 1. The van der Waals surface area contributed by atoms with Crippen molar-refractivity contribution in [2.45, 2.75) is 45.4 Å². The molecule has 0 atom stereocenters. The Balaban J connectivity index is 0.00000576. The Hall–Kier alpha value is -1.75. The quantitative estimate of drug-likeness (QED) is 0.302. The van der Waals surface area contributed by atoms with Crippen molar-refractivity contribution < 1.29 is 19.0 Å². The zero-order valence-electron chi connectivity index (χ0n) is 15.7. The molecule has 0 aliphatic heterocycles. The molecule has 0 fully saturated rings. The number of Topliss-reactive ketones (excluding diaryl/α,β-unsaturated/α-hetero) is 1. The highest BCUT2D eigenvalue weighted by molar-refractivity contribution is 6.02. The van der Waals surface area contributed by atoms with Crippen molar-refractivity contribution in [1.82, 2.24) is 0 Å². The van der Waals surface area contributed by atoms with Crippen molar-refractivity contribution in [3.05, 3.63) is 17.7 Å². The minimum atomic E-state index is -0.0243. The predicted molar refractivity (Wildman–Crippen MR) is 104 cm³/mol. The molecule has 0 unspecified atom stereocenters. The highest BCUT2D eigenvalue weighted by Crippen LogP contribution is 2.35. The first-order chi connectivity index (χ1) is 11.7. The maximum absolute atomic E-state index is 12.5. The molecule has 0 aromatic heterocycles. The second-order valence-electron chi connectivity index (χ2n) is 5.52. The molecule has 1 aromatic carbocycles. The summed E-state index contributed by atoms with van der Waals surface area (Å²) >= 11 is 0. The van der Waals surface area contributed by atoms with E-state index in [0.29, 0.717) is 35.7 Å². The van der Waals surface area contributed by atoms with E-state index in [1.54, 1.807) is 19.2 Å². The van der Waals surface area contributed by atoms with Crippen LogP contribution in [-0.4, -0.2) is 39.9 Å². The number of unbranched alkanes of at least 4 members (excludes halogenated alkanes) is 3. The lowest BCUT2D eigenvalue weighted by Gasteiger charge is -2.13. The highest BCUT2D eigenvalue weighted by Gasteiger charge is 2.19. The van der Waals surface area contributed by atoms with Crippen molar-refractivity contribution in [2.24, 2.45) is 4.99 Å². The number of carbonyl (C=O) groups excluding carboxylic acids is 1. The molecule has 1 rings (SSSR count). The second-order valence-corrected chi connectivity index (χ2v) is 5.52. The van der Waals surface area contributed by atoms with Crippen LogP contribution in [0, 0.1) is 0 Å². The van der Waals surface area contributed by atoms with Gasteiger partial charge in [-0.15, -0.1) is 12.4 Å². The van der Waals surface area contributed by atoms with Crippen LogP contribution < -0.4 is 14.2 Å². The molecule has 0 bridgehead atoms. The minimum absolute atomic E-state index is 0. The molecule has 0 N–H and O–H groups in total. The first-order valence-corrected chi connectivity index (χ1v) is 8.49. The number of benzene rings is 1. The van der Waals surface area contributed by atoms with Gasteiger partial charge in [-0.05, 0) is 19.1 Å². The van der Waals surface area contributed by atoms with Gasteiger partial charge in [0, 0.05) is 25.1 Å². The van der Waals surface area contributed by atoms with Crippen LogP contribution in [0.25, 0.3) is 0 Å². The van der Waals surface area contributed by atoms with Gasteiger partial charge < -0.3 is 14.2 Å². The van der Waals surface area contributed by atoms with Crippen molar-refractivity contribution >= 4 is 24.4 Å². The van der Waals surface area contributed by atoms with Crippen LogP contribution in [0.1, 0.15) is 55.8 Å². The Kier molecular flexibility index (Phi) is 12.6. The van der Waals surface area contributed by atoms with E-state index in [4.69, 9.17) is 14.2 Å². The summed E-state index contributed by atoms with van der Waals surface area (Å²) in [6.45, 7) is 3.03. The van der Waals surface area contributed by atoms with Crippen LogP contribution in [0.3, 0.4) is 0 Å². The lowest BCUT2D eigenvalue weighted by Crippen LogP contribution is -2.06. The van der Waals surface area contributed by atoms with Gasteiger partial charge in [-0.1, -0.05) is 26.2 Å². The third-order valence-electron chi connectivity index (χ3n) is 3.76. The van der Waals surface area contributed by atoms with E-state index in [0.717, 1.165) is 13.0 Å². The third kappa shape index (κ3) is 7.78. The molecule has 0 saturated carbocycles. The first-order valence-electron chi connectivity index (χ1n) is 8.49. The van der Waals surface area contributed by atoms with E-state index >= 15 is 0 Å². The van der Waals surface area contributed by atoms with Crippen molar-refractivity contribution in [3.8, 4) is 17.2 Å². The Morgan fingerprint density at radius 2 is 1.68 bits per heavy atom. The maximum Gasteiger partial charge on any atom is 0.170 e. The fourth-order valence-corrected chi connectivity index (χ4v) is 2.41. The Labute approximate surface area is 157 Å². The summed E-state index contributed by atoms with van der Waals surface area (Å²) in [5.74, 6) is 1.50. The number of carbonyl (C=O) groups is 1. The van der Waals surface area contributed by atoms with Gasteiger partial charge in [-0.25, -0.2) is 0 Å². The zero-order valence-corrected chi connectivity index (χ0v) is 16.5. The molecular formula is C19H30ClNO4. The van der Waals surface area contributed by atoms with Gasteiger partial charge in [-0.3, -0.25) is 9.79 Å². The monoisotopic (exact) mass is 371 g/mol. The van der Waals surface area contributed by atoms with Gasteiger partial charge in [0.25, 0.3) is 0 Å². The summed E-state index contributed by atoms with van der Waals surface area (Å²) < 4.78 is 15.8. The molecule has 142 valence electrons. The summed E-state index contributed by atoms with van der Waals surface area (Å²) in [5.41, 5.74) is 0.456. The van der Waals surface area contributed by atoms with Crippen LogP contribution in [-0.2, 0) is 0 Å². The van der Waals surface area contributed by atoms with E-state index in [1.807, 2.05) is 6.21 Å². The van der Waals surface area contributed by atoms with Gasteiger partial charge >= 0.3 is 0 Å².